The summed E-state index contributed by atoms with van der Waals surface area (Å²) in [6.45, 7) is -0.497. The van der Waals surface area contributed by atoms with Crippen molar-refractivity contribution < 1.29 is 48.5 Å². The molecule has 7 atom stereocenters. The van der Waals surface area contributed by atoms with Gasteiger partial charge < -0.3 is 44.7 Å². The predicted octanol–water partition coefficient (Wildman–Crippen LogP) is 2.74. The van der Waals surface area contributed by atoms with Crippen molar-refractivity contribution in [2.45, 2.75) is 112 Å². The van der Waals surface area contributed by atoms with E-state index >= 15 is 0 Å². The molecule has 7 fully saturated rings. The quantitative estimate of drug-likeness (QED) is 0.219. The maximum Gasteiger partial charge on any atom is 0.408 e. The monoisotopic (exact) mass is 777 g/mol. The minimum absolute atomic E-state index is 0.0974. The van der Waals surface area contributed by atoms with Gasteiger partial charge in [0.15, 0.2) is 23.2 Å². The van der Waals surface area contributed by atoms with Crippen molar-refractivity contribution in [3.63, 3.8) is 0 Å². The summed E-state index contributed by atoms with van der Waals surface area (Å²) in [5.74, 6) is 1.01. The first-order valence-corrected chi connectivity index (χ1v) is 19.8. The molecule has 4 heterocycles. The molecule has 4 N–H and O–H groups in total. The number of nitrogens with zero attached hydrogens (tertiary/aromatic N) is 5. The van der Waals surface area contributed by atoms with Gasteiger partial charge in [-0.2, -0.15) is 9.78 Å². The van der Waals surface area contributed by atoms with Crippen LogP contribution in [0.2, 0.25) is 0 Å². The number of hydrogen-bond donors (Lipinski definition) is 4. The Morgan fingerprint density at radius 3 is 2.50 bits per heavy atom. The number of hydrogen-bond acceptors (Lipinski definition) is 14. The number of carbonyl (C=O) groups excluding carboxylic acids is 2. The van der Waals surface area contributed by atoms with Gasteiger partial charge >= 0.3 is 6.09 Å². The Morgan fingerprint density at radius 2 is 1.80 bits per heavy atom. The van der Waals surface area contributed by atoms with Crippen LogP contribution in [0, 0.1) is 23.7 Å². The number of fused-ring (bicyclic) bond motifs is 1. The van der Waals surface area contributed by atoms with Gasteiger partial charge in [-0.25, -0.2) is 19.7 Å². The number of carbonyl (C=O) groups is 2. The average Bonchev–Trinajstić information content (AvgIpc) is 3.87. The minimum atomic E-state index is -1.32. The molecule has 2 spiro atoms. The molecule has 17 heteroatoms. The second-order valence-corrected chi connectivity index (χ2v) is 16.8. The van der Waals surface area contributed by atoms with E-state index in [0.29, 0.717) is 60.3 Å². The van der Waals surface area contributed by atoms with Crippen molar-refractivity contribution in [3.05, 3.63) is 42.5 Å². The molecule has 3 unspecified atom stereocenters. The Labute approximate surface area is 324 Å². The highest BCUT2D eigenvalue weighted by atomic mass is 17.3. The lowest BCUT2D eigenvalue weighted by molar-refractivity contribution is -0.390. The molecule has 56 heavy (non-hydrogen) atoms. The van der Waals surface area contributed by atoms with Crippen molar-refractivity contribution in [1.29, 1.82) is 0 Å². The minimum Gasteiger partial charge on any atom is -0.497 e. The van der Waals surface area contributed by atoms with Gasteiger partial charge in [0, 0.05) is 45.2 Å². The third kappa shape index (κ3) is 6.65. The summed E-state index contributed by atoms with van der Waals surface area (Å²) < 4.78 is 25.8. The number of amides is 2. The van der Waals surface area contributed by atoms with Gasteiger partial charge in [0.05, 0.1) is 26.1 Å². The highest BCUT2D eigenvalue weighted by molar-refractivity contribution is 5.86. The molecule has 0 radical (unpaired) electrons. The lowest BCUT2D eigenvalue weighted by Gasteiger charge is -2.57. The van der Waals surface area contributed by atoms with E-state index in [-0.39, 0.29) is 6.42 Å². The van der Waals surface area contributed by atoms with Crippen LogP contribution < -0.4 is 20.3 Å². The van der Waals surface area contributed by atoms with Crippen molar-refractivity contribution in [1.82, 2.24) is 30.2 Å². The highest BCUT2D eigenvalue weighted by Gasteiger charge is 2.67. The molecule has 5 aliphatic carbocycles. The molecule has 7 aliphatic rings. The normalized spacial score (nSPS) is 36.3. The van der Waals surface area contributed by atoms with Gasteiger partial charge in [-0.15, -0.1) is 0 Å². The lowest BCUT2D eigenvalue weighted by atomic mass is 9.53. The van der Waals surface area contributed by atoms with Crippen molar-refractivity contribution >= 4 is 29.0 Å². The van der Waals surface area contributed by atoms with Crippen molar-refractivity contribution in [3.8, 4) is 5.75 Å². The Balaban J connectivity index is 0.890. The van der Waals surface area contributed by atoms with Crippen LogP contribution in [0.5, 0.6) is 5.75 Å². The molecular weight excluding hydrogens is 726 g/mol. The summed E-state index contributed by atoms with van der Waals surface area (Å²) in [5, 5.41) is 27.5. The van der Waals surface area contributed by atoms with Gasteiger partial charge in [0.1, 0.15) is 36.4 Å². The van der Waals surface area contributed by atoms with Gasteiger partial charge in [0.2, 0.25) is 17.5 Å². The van der Waals surface area contributed by atoms with E-state index in [1.54, 1.807) is 40.8 Å². The molecule has 302 valence electrons. The Morgan fingerprint density at radius 1 is 1.05 bits per heavy atom. The first-order valence-electron chi connectivity index (χ1n) is 19.8. The van der Waals surface area contributed by atoms with Gasteiger partial charge in [-0.3, -0.25) is 9.36 Å². The van der Waals surface area contributed by atoms with E-state index in [4.69, 9.17) is 28.7 Å². The van der Waals surface area contributed by atoms with Crippen molar-refractivity contribution in [2.75, 3.05) is 32.7 Å². The number of aliphatic hydroxyl groups is 2. The van der Waals surface area contributed by atoms with E-state index in [1.807, 2.05) is 14.1 Å². The van der Waals surface area contributed by atoms with Gasteiger partial charge in [-0.1, -0.05) is 12.1 Å². The number of anilines is 1. The van der Waals surface area contributed by atoms with E-state index in [9.17, 15) is 19.8 Å². The van der Waals surface area contributed by atoms with Crippen LogP contribution in [0.4, 0.5) is 10.6 Å². The molecule has 2 aliphatic heterocycles. The van der Waals surface area contributed by atoms with Crippen LogP contribution in [0.3, 0.4) is 0 Å². The fourth-order valence-electron chi connectivity index (χ4n) is 10.5. The van der Waals surface area contributed by atoms with Crippen molar-refractivity contribution in [2.24, 2.45) is 23.7 Å². The highest BCUT2D eigenvalue weighted by Crippen LogP contribution is 2.63. The molecule has 2 amide bonds. The lowest BCUT2D eigenvalue weighted by Crippen LogP contribution is -2.59. The Bertz CT molecular complexity index is 1900. The summed E-state index contributed by atoms with van der Waals surface area (Å²) in [4.78, 5) is 55.0. The number of ether oxygens (including phenoxy) is 4. The van der Waals surface area contributed by atoms with Crippen LogP contribution in [0.15, 0.2) is 36.9 Å². The van der Waals surface area contributed by atoms with E-state index < -0.39 is 66.8 Å². The maximum absolute atomic E-state index is 14.1. The largest absolute Gasteiger partial charge is 0.497 e. The fraction of sp³-hybridized carbons (Fsp3) is 0.667. The van der Waals surface area contributed by atoms with Crippen LogP contribution in [0.25, 0.3) is 11.2 Å². The summed E-state index contributed by atoms with van der Waals surface area (Å²) in [5.41, 5.74) is 1.66. The summed E-state index contributed by atoms with van der Waals surface area (Å²) >= 11 is 0. The predicted molar refractivity (Wildman–Crippen MR) is 197 cm³/mol. The van der Waals surface area contributed by atoms with E-state index in [2.05, 4.69) is 25.6 Å². The molecule has 17 nitrogen and oxygen atoms in total. The summed E-state index contributed by atoms with van der Waals surface area (Å²) in [6.07, 6.45) is 6.33. The number of imidazole rings is 1. The first kappa shape index (κ1) is 37.4. The standard InChI is InChI=1S/C39H51N7O10/c1-45(2)33-31-34(41-19-40-33)46(20-42-31)36-32(48)30(29(18-47)53-36)44-35(49)28(16-21-6-8-26(51-3)9-7-21)43-37(50)52-27-5-4-10-38(17-27)54-39(56-55-38)24-12-22-11-23(14-24)15-25(39)13-22/h6-9,19-20,22-25,27-30,32,36,47-48H,4-5,10-18H2,1-3H3,(H,43,50)(H,44,49)/t22?,23?,24?,25?,27?,28-,29+,30?,32+,36+,38?,39?/m0/s1. The fourth-order valence-corrected chi connectivity index (χ4v) is 10.5. The third-order valence-electron chi connectivity index (χ3n) is 13.0. The number of nitrogens with one attached hydrogen (secondary N) is 2. The zero-order valence-electron chi connectivity index (χ0n) is 31.9. The number of aliphatic hydroxyl groups excluding tert-OH is 2. The van der Waals surface area contributed by atoms with Crippen LogP contribution in [-0.4, -0.2) is 112 Å². The molecule has 2 saturated heterocycles. The smallest absolute Gasteiger partial charge is 0.408 e. The van der Waals surface area contributed by atoms with Crippen LogP contribution in [-0.2, 0) is 35.2 Å². The zero-order valence-corrected chi connectivity index (χ0v) is 31.9. The number of benzene rings is 1. The molecule has 10 rings (SSSR count). The maximum atomic E-state index is 14.1. The molecular formula is C39H51N7O10. The Hall–Kier alpha value is -4.13. The molecule has 1 aromatic carbocycles. The Kier molecular flexibility index (Phi) is 9.81. The summed E-state index contributed by atoms with van der Waals surface area (Å²) in [7, 11) is 5.23. The third-order valence-corrected chi connectivity index (χ3v) is 13.0. The number of rotatable bonds is 10. The van der Waals surface area contributed by atoms with Gasteiger partial charge in [0.25, 0.3) is 0 Å². The number of methoxy groups -OCH3 is 1. The van der Waals surface area contributed by atoms with E-state index in [1.165, 1.54) is 19.1 Å². The first-order chi connectivity index (χ1) is 27.1. The SMILES string of the molecule is COc1ccc(C[C@H](NC(=O)OC2CCCC3(C2)OOC2(O3)C3CC4CC(C3)CC2C4)C(=O)NC2[C@@H](O)[C@H](n3cnc4c(N(C)C)ncnc43)O[C@@H]2CO)cc1. The second kappa shape index (κ2) is 14.7. The van der Waals surface area contributed by atoms with Gasteiger partial charge in [-0.05, 0) is 74.5 Å². The molecule has 4 bridgehead atoms. The molecule has 2 aromatic heterocycles. The summed E-state index contributed by atoms with van der Waals surface area (Å²) in [6, 6.07) is 4.98. The van der Waals surface area contributed by atoms with Crippen LogP contribution in [0.1, 0.15) is 69.6 Å². The average molecular weight is 778 g/mol. The van der Waals surface area contributed by atoms with Crippen LogP contribution >= 0.6 is 0 Å². The topological polar surface area (TPSA) is 201 Å². The molecule has 3 aromatic rings. The zero-order chi connectivity index (χ0) is 38.8. The van der Waals surface area contributed by atoms with E-state index in [0.717, 1.165) is 43.1 Å². The second-order valence-electron chi connectivity index (χ2n) is 16.8. The number of aromatic nitrogens is 4. The molecule has 5 saturated carbocycles. The number of alkyl carbamates (subject to hydrolysis) is 1.